The van der Waals surface area contributed by atoms with Crippen molar-refractivity contribution < 1.29 is 0 Å². The molecule has 9 heteroatoms. The van der Waals surface area contributed by atoms with Gasteiger partial charge in [-0.2, -0.15) is 4.98 Å². The van der Waals surface area contributed by atoms with E-state index >= 15 is 0 Å². The molecule has 2 N–H and O–H groups in total. The number of piperidine rings is 1. The standard InChI is InChI=1S/C18H25N7S2/c1-12(2)21-17(26)24-16-22-14(25-9-5-13(3)6-10-25)11-15(23-16)27-18-19-7-4-8-20-18/h4,7-8,11-13H,5-6,9-10H2,1-3H3,(H2,21,22,23,24,26). The van der Waals surface area contributed by atoms with Crippen LogP contribution in [0.4, 0.5) is 11.8 Å². The van der Waals surface area contributed by atoms with Crippen molar-refractivity contribution in [1.29, 1.82) is 0 Å². The van der Waals surface area contributed by atoms with Crippen LogP contribution in [0.1, 0.15) is 33.6 Å². The third-order valence-corrected chi connectivity index (χ3v) is 5.21. The molecule has 7 nitrogen and oxygen atoms in total. The number of rotatable bonds is 5. The van der Waals surface area contributed by atoms with E-state index in [0.29, 0.717) is 16.2 Å². The molecule has 1 aliphatic heterocycles. The molecule has 0 radical (unpaired) electrons. The molecule has 1 fully saturated rings. The number of aromatic nitrogens is 4. The Morgan fingerprint density at radius 1 is 1.22 bits per heavy atom. The lowest BCUT2D eigenvalue weighted by molar-refractivity contribution is 0.436. The summed E-state index contributed by atoms with van der Waals surface area (Å²) in [6.45, 7) is 8.37. The summed E-state index contributed by atoms with van der Waals surface area (Å²) >= 11 is 6.77. The van der Waals surface area contributed by atoms with Gasteiger partial charge in [0, 0.05) is 37.6 Å². The zero-order valence-corrected chi connectivity index (χ0v) is 17.5. The van der Waals surface area contributed by atoms with Gasteiger partial charge in [-0.15, -0.1) is 0 Å². The third kappa shape index (κ3) is 6.00. The molecular formula is C18H25N7S2. The van der Waals surface area contributed by atoms with E-state index in [4.69, 9.17) is 17.2 Å². The van der Waals surface area contributed by atoms with Gasteiger partial charge in [0.25, 0.3) is 0 Å². The molecule has 1 aliphatic rings. The van der Waals surface area contributed by atoms with Crippen LogP contribution < -0.4 is 15.5 Å². The highest BCUT2D eigenvalue weighted by Gasteiger charge is 2.19. The van der Waals surface area contributed by atoms with Gasteiger partial charge in [0.1, 0.15) is 10.8 Å². The lowest BCUT2D eigenvalue weighted by Gasteiger charge is -2.31. The number of nitrogens with zero attached hydrogens (tertiary/aromatic N) is 5. The van der Waals surface area contributed by atoms with E-state index in [1.807, 2.05) is 19.9 Å². The highest BCUT2D eigenvalue weighted by atomic mass is 32.2. The van der Waals surface area contributed by atoms with Gasteiger partial charge in [-0.1, -0.05) is 6.92 Å². The number of thiocarbonyl (C=S) groups is 1. The van der Waals surface area contributed by atoms with Gasteiger partial charge in [-0.3, -0.25) is 0 Å². The summed E-state index contributed by atoms with van der Waals surface area (Å²) in [4.78, 5) is 20.1. The Bertz CT molecular complexity index is 762. The van der Waals surface area contributed by atoms with Gasteiger partial charge in [-0.05, 0) is 62.7 Å². The van der Waals surface area contributed by atoms with Crippen LogP contribution in [0, 0.1) is 5.92 Å². The summed E-state index contributed by atoms with van der Waals surface area (Å²) in [5, 5.41) is 8.23. The van der Waals surface area contributed by atoms with E-state index in [1.165, 1.54) is 24.6 Å². The maximum atomic E-state index is 5.35. The molecule has 0 unspecified atom stereocenters. The predicted molar refractivity (Wildman–Crippen MR) is 113 cm³/mol. The summed E-state index contributed by atoms with van der Waals surface area (Å²) in [7, 11) is 0. The Hall–Kier alpha value is -2.00. The van der Waals surface area contributed by atoms with Crippen molar-refractivity contribution in [2.75, 3.05) is 23.3 Å². The number of anilines is 2. The molecule has 0 amide bonds. The van der Waals surface area contributed by atoms with Crippen LogP contribution >= 0.6 is 24.0 Å². The summed E-state index contributed by atoms with van der Waals surface area (Å²) in [6.07, 6.45) is 5.79. The molecule has 27 heavy (non-hydrogen) atoms. The summed E-state index contributed by atoms with van der Waals surface area (Å²) < 4.78 is 0. The van der Waals surface area contributed by atoms with Crippen LogP contribution in [0.25, 0.3) is 0 Å². The average Bonchev–Trinajstić information content (AvgIpc) is 2.62. The lowest BCUT2D eigenvalue weighted by Crippen LogP contribution is -2.35. The van der Waals surface area contributed by atoms with E-state index < -0.39 is 0 Å². The molecule has 0 bridgehead atoms. The molecule has 0 spiro atoms. The van der Waals surface area contributed by atoms with Crippen LogP contribution in [0.15, 0.2) is 34.7 Å². The quantitative estimate of drug-likeness (QED) is 0.444. The predicted octanol–water partition coefficient (Wildman–Crippen LogP) is 3.35. The first-order chi connectivity index (χ1) is 13.0. The van der Waals surface area contributed by atoms with Gasteiger partial charge in [0.15, 0.2) is 10.3 Å². The molecule has 3 rings (SSSR count). The van der Waals surface area contributed by atoms with Crippen molar-refractivity contribution in [2.45, 2.75) is 49.8 Å². The average molecular weight is 404 g/mol. The van der Waals surface area contributed by atoms with Gasteiger partial charge in [-0.25, -0.2) is 15.0 Å². The molecule has 2 aromatic heterocycles. The van der Waals surface area contributed by atoms with Crippen molar-refractivity contribution in [3.8, 4) is 0 Å². The van der Waals surface area contributed by atoms with E-state index in [2.05, 4.69) is 37.4 Å². The molecule has 0 aromatic carbocycles. The Kier molecular flexibility index (Phi) is 6.78. The molecule has 0 atom stereocenters. The minimum absolute atomic E-state index is 0.239. The minimum Gasteiger partial charge on any atom is -0.360 e. The molecular weight excluding hydrogens is 378 g/mol. The molecule has 0 saturated carbocycles. The summed E-state index contributed by atoms with van der Waals surface area (Å²) in [5.41, 5.74) is 0. The zero-order chi connectivity index (χ0) is 19.2. The SMILES string of the molecule is CC1CCN(c2cc(Sc3ncccn3)nc(NC(=S)NC(C)C)n2)CC1. The zero-order valence-electron chi connectivity index (χ0n) is 15.8. The normalized spacial score (nSPS) is 15.0. The second-order valence-electron chi connectivity index (χ2n) is 6.94. The fourth-order valence-corrected chi connectivity index (χ4v) is 3.79. The third-order valence-electron chi connectivity index (χ3n) is 4.18. The maximum Gasteiger partial charge on any atom is 0.232 e. The van der Waals surface area contributed by atoms with E-state index in [1.54, 1.807) is 18.5 Å². The van der Waals surface area contributed by atoms with Crippen LogP contribution in [-0.2, 0) is 0 Å². The summed E-state index contributed by atoms with van der Waals surface area (Å²) in [6, 6.07) is 4.04. The van der Waals surface area contributed by atoms with Crippen LogP contribution in [-0.4, -0.2) is 44.2 Å². The highest BCUT2D eigenvalue weighted by molar-refractivity contribution is 7.99. The van der Waals surface area contributed by atoms with Crippen LogP contribution in [0.2, 0.25) is 0 Å². The van der Waals surface area contributed by atoms with Gasteiger partial charge in [0.2, 0.25) is 5.95 Å². The first-order valence-corrected chi connectivity index (χ1v) is 10.4. The number of hydrogen-bond acceptors (Lipinski definition) is 7. The van der Waals surface area contributed by atoms with Crippen molar-refractivity contribution in [1.82, 2.24) is 25.3 Å². The second kappa shape index (κ2) is 9.27. The molecule has 2 aromatic rings. The minimum atomic E-state index is 0.239. The fourth-order valence-electron chi connectivity index (χ4n) is 2.75. The largest absolute Gasteiger partial charge is 0.360 e. The van der Waals surface area contributed by atoms with Crippen LogP contribution in [0.5, 0.6) is 0 Å². The smallest absolute Gasteiger partial charge is 0.232 e. The van der Waals surface area contributed by atoms with Gasteiger partial charge < -0.3 is 15.5 Å². The topological polar surface area (TPSA) is 78.9 Å². The Morgan fingerprint density at radius 2 is 1.93 bits per heavy atom. The number of nitrogens with one attached hydrogen (secondary N) is 2. The van der Waals surface area contributed by atoms with E-state index in [0.717, 1.165) is 29.9 Å². The van der Waals surface area contributed by atoms with Crippen molar-refractivity contribution in [3.63, 3.8) is 0 Å². The van der Waals surface area contributed by atoms with E-state index in [9.17, 15) is 0 Å². The molecule has 144 valence electrons. The first-order valence-electron chi connectivity index (χ1n) is 9.16. The van der Waals surface area contributed by atoms with Gasteiger partial charge in [0.05, 0.1) is 0 Å². The summed E-state index contributed by atoms with van der Waals surface area (Å²) in [5.74, 6) is 2.16. The van der Waals surface area contributed by atoms with E-state index in [-0.39, 0.29) is 6.04 Å². The van der Waals surface area contributed by atoms with Crippen LogP contribution in [0.3, 0.4) is 0 Å². The highest BCUT2D eigenvalue weighted by Crippen LogP contribution is 2.28. The number of hydrogen-bond donors (Lipinski definition) is 2. The molecule has 3 heterocycles. The monoisotopic (exact) mass is 403 g/mol. The Labute approximate surface area is 169 Å². The fraction of sp³-hybridized carbons (Fsp3) is 0.500. The van der Waals surface area contributed by atoms with Crippen molar-refractivity contribution in [2.24, 2.45) is 5.92 Å². The van der Waals surface area contributed by atoms with Crippen molar-refractivity contribution in [3.05, 3.63) is 24.5 Å². The lowest BCUT2D eigenvalue weighted by atomic mass is 9.99. The Balaban J connectivity index is 1.83. The molecule has 1 saturated heterocycles. The Morgan fingerprint density at radius 3 is 2.59 bits per heavy atom. The van der Waals surface area contributed by atoms with Crippen molar-refractivity contribution >= 4 is 40.9 Å². The second-order valence-corrected chi connectivity index (χ2v) is 8.34. The first kappa shape index (κ1) is 19.8. The van der Waals surface area contributed by atoms with Gasteiger partial charge >= 0.3 is 0 Å². The maximum absolute atomic E-state index is 5.35. The molecule has 0 aliphatic carbocycles.